The van der Waals surface area contributed by atoms with Crippen LogP contribution < -0.4 is 5.32 Å². The number of anilines is 1. The molecule has 0 aliphatic carbocycles. The summed E-state index contributed by atoms with van der Waals surface area (Å²) in [7, 11) is 0. The molecule has 114 valence electrons. The van der Waals surface area contributed by atoms with E-state index in [9.17, 15) is 0 Å². The molecule has 1 aliphatic rings. The Hall–Kier alpha value is -1.82. The van der Waals surface area contributed by atoms with Gasteiger partial charge in [-0.2, -0.15) is 0 Å². The van der Waals surface area contributed by atoms with Crippen molar-refractivity contribution in [3.8, 4) is 11.7 Å². The standard InChI is InChI=1S/C15H22N4O2/c1-3-8-19-9-6-12(7-10-19)16-15-18-17-14(21-15)13-5-4-11(2)20-13/h4-5,12H,3,6-10H2,1-2H3,(H,16,18). The van der Waals surface area contributed by atoms with E-state index in [1.165, 1.54) is 13.0 Å². The van der Waals surface area contributed by atoms with E-state index in [0.29, 0.717) is 23.7 Å². The molecule has 0 saturated carbocycles. The first-order valence-corrected chi connectivity index (χ1v) is 7.64. The second kappa shape index (κ2) is 6.30. The van der Waals surface area contributed by atoms with Crippen molar-refractivity contribution < 1.29 is 8.83 Å². The number of nitrogens with zero attached hydrogens (tertiary/aromatic N) is 3. The van der Waals surface area contributed by atoms with Crippen LogP contribution in [0.2, 0.25) is 0 Å². The van der Waals surface area contributed by atoms with Crippen LogP contribution in [0, 0.1) is 6.92 Å². The number of aryl methyl sites for hydroxylation is 1. The molecule has 0 bridgehead atoms. The molecule has 1 aliphatic heterocycles. The van der Waals surface area contributed by atoms with Crippen molar-refractivity contribution in [1.82, 2.24) is 15.1 Å². The van der Waals surface area contributed by atoms with Gasteiger partial charge in [0.1, 0.15) is 5.76 Å². The van der Waals surface area contributed by atoms with Crippen LogP contribution in [0.3, 0.4) is 0 Å². The summed E-state index contributed by atoms with van der Waals surface area (Å²) in [6.45, 7) is 7.56. The van der Waals surface area contributed by atoms with Gasteiger partial charge in [0.2, 0.25) is 0 Å². The lowest BCUT2D eigenvalue weighted by Gasteiger charge is -2.31. The normalized spacial score (nSPS) is 17.2. The van der Waals surface area contributed by atoms with Crippen LogP contribution >= 0.6 is 0 Å². The molecule has 0 amide bonds. The Bertz CT molecular complexity index is 570. The van der Waals surface area contributed by atoms with E-state index < -0.39 is 0 Å². The molecule has 0 atom stereocenters. The average molecular weight is 290 g/mol. The van der Waals surface area contributed by atoms with Crippen molar-refractivity contribution in [3.63, 3.8) is 0 Å². The first-order valence-electron chi connectivity index (χ1n) is 7.64. The van der Waals surface area contributed by atoms with Crippen molar-refractivity contribution in [1.29, 1.82) is 0 Å². The summed E-state index contributed by atoms with van der Waals surface area (Å²) >= 11 is 0. The largest absolute Gasteiger partial charge is 0.456 e. The number of furan rings is 1. The molecule has 21 heavy (non-hydrogen) atoms. The summed E-state index contributed by atoms with van der Waals surface area (Å²) in [5.41, 5.74) is 0. The van der Waals surface area contributed by atoms with E-state index in [0.717, 1.165) is 31.7 Å². The summed E-state index contributed by atoms with van der Waals surface area (Å²) in [5.74, 6) is 1.88. The van der Waals surface area contributed by atoms with Crippen molar-refractivity contribution in [3.05, 3.63) is 17.9 Å². The lowest BCUT2D eigenvalue weighted by Crippen LogP contribution is -2.39. The van der Waals surface area contributed by atoms with Crippen molar-refractivity contribution in [2.24, 2.45) is 0 Å². The molecule has 0 radical (unpaired) electrons. The van der Waals surface area contributed by atoms with Crippen molar-refractivity contribution in [2.45, 2.75) is 39.2 Å². The van der Waals surface area contributed by atoms with Gasteiger partial charge in [0.05, 0.1) is 0 Å². The topological polar surface area (TPSA) is 67.3 Å². The highest BCUT2D eigenvalue weighted by Crippen LogP contribution is 2.23. The SMILES string of the molecule is CCCN1CCC(Nc2nnc(-c3ccc(C)o3)o2)CC1. The maximum absolute atomic E-state index is 5.62. The number of hydrogen-bond acceptors (Lipinski definition) is 6. The van der Waals surface area contributed by atoms with E-state index in [1.807, 2.05) is 19.1 Å². The minimum absolute atomic E-state index is 0.407. The minimum atomic E-state index is 0.407. The monoisotopic (exact) mass is 290 g/mol. The highest BCUT2D eigenvalue weighted by molar-refractivity contribution is 5.45. The first-order chi connectivity index (χ1) is 10.2. The second-order valence-electron chi connectivity index (χ2n) is 5.58. The van der Waals surface area contributed by atoms with Gasteiger partial charge < -0.3 is 19.1 Å². The number of likely N-dealkylation sites (tertiary alicyclic amines) is 1. The Morgan fingerprint density at radius 1 is 1.24 bits per heavy atom. The lowest BCUT2D eigenvalue weighted by molar-refractivity contribution is 0.218. The molecule has 3 heterocycles. The molecule has 1 saturated heterocycles. The van der Waals surface area contributed by atoms with Gasteiger partial charge in [-0.15, -0.1) is 5.10 Å². The Labute approximate surface area is 124 Å². The van der Waals surface area contributed by atoms with Gasteiger partial charge in [-0.25, -0.2) is 0 Å². The Morgan fingerprint density at radius 2 is 2.05 bits per heavy atom. The fraction of sp³-hybridized carbons (Fsp3) is 0.600. The maximum atomic E-state index is 5.62. The van der Waals surface area contributed by atoms with Crippen LogP contribution in [-0.4, -0.2) is 40.8 Å². The van der Waals surface area contributed by atoms with Gasteiger partial charge in [-0.05, 0) is 44.9 Å². The van der Waals surface area contributed by atoms with E-state index in [2.05, 4.69) is 27.3 Å². The third-order valence-electron chi connectivity index (χ3n) is 3.83. The van der Waals surface area contributed by atoms with Crippen molar-refractivity contribution in [2.75, 3.05) is 25.0 Å². The molecule has 6 heteroatoms. The molecule has 6 nitrogen and oxygen atoms in total. The lowest BCUT2D eigenvalue weighted by atomic mass is 10.1. The van der Waals surface area contributed by atoms with Crippen LogP contribution in [0.5, 0.6) is 0 Å². The minimum Gasteiger partial charge on any atom is -0.456 e. The number of rotatable bonds is 5. The molecule has 0 unspecified atom stereocenters. The highest BCUT2D eigenvalue weighted by atomic mass is 16.4. The fourth-order valence-electron chi connectivity index (χ4n) is 2.72. The third-order valence-corrected chi connectivity index (χ3v) is 3.83. The fourth-order valence-corrected chi connectivity index (χ4v) is 2.72. The zero-order chi connectivity index (χ0) is 14.7. The number of hydrogen-bond donors (Lipinski definition) is 1. The summed E-state index contributed by atoms with van der Waals surface area (Å²) in [5, 5.41) is 11.4. The highest BCUT2D eigenvalue weighted by Gasteiger charge is 2.20. The van der Waals surface area contributed by atoms with Crippen LogP contribution in [0.15, 0.2) is 21.0 Å². The average Bonchev–Trinajstić information content (AvgIpc) is 3.10. The molecule has 2 aromatic heterocycles. The summed E-state index contributed by atoms with van der Waals surface area (Å²) in [4.78, 5) is 2.50. The smallest absolute Gasteiger partial charge is 0.316 e. The number of piperidine rings is 1. The quantitative estimate of drug-likeness (QED) is 0.913. The molecule has 3 rings (SSSR count). The van der Waals surface area contributed by atoms with Gasteiger partial charge in [0.15, 0.2) is 5.76 Å². The number of aromatic nitrogens is 2. The molecule has 0 spiro atoms. The van der Waals surface area contributed by atoms with E-state index >= 15 is 0 Å². The van der Waals surface area contributed by atoms with Crippen LogP contribution in [0.4, 0.5) is 6.01 Å². The predicted octanol–water partition coefficient (Wildman–Crippen LogP) is 2.92. The van der Waals surface area contributed by atoms with E-state index in [1.54, 1.807) is 0 Å². The zero-order valence-corrected chi connectivity index (χ0v) is 12.6. The summed E-state index contributed by atoms with van der Waals surface area (Å²) in [6, 6.07) is 4.61. The van der Waals surface area contributed by atoms with E-state index in [4.69, 9.17) is 8.83 Å². The molecule has 0 aromatic carbocycles. The predicted molar refractivity (Wildman–Crippen MR) is 80.1 cm³/mol. The van der Waals surface area contributed by atoms with Crippen LogP contribution in [-0.2, 0) is 0 Å². The third kappa shape index (κ3) is 3.44. The van der Waals surface area contributed by atoms with Gasteiger partial charge in [0, 0.05) is 19.1 Å². The Morgan fingerprint density at radius 3 is 2.71 bits per heavy atom. The molecular weight excluding hydrogens is 268 g/mol. The van der Waals surface area contributed by atoms with Gasteiger partial charge in [-0.3, -0.25) is 0 Å². The number of nitrogens with one attached hydrogen (secondary N) is 1. The maximum Gasteiger partial charge on any atom is 0.316 e. The van der Waals surface area contributed by atoms with Gasteiger partial charge >= 0.3 is 6.01 Å². The summed E-state index contributed by atoms with van der Waals surface area (Å²) in [6.07, 6.45) is 3.43. The Balaban J connectivity index is 1.56. The first kappa shape index (κ1) is 14.1. The van der Waals surface area contributed by atoms with E-state index in [-0.39, 0.29) is 0 Å². The molecule has 2 aromatic rings. The Kier molecular flexibility index (Phi) is 4.24. The molecule has 1 N–H and O–H groups in total. The summed E-state index contributed by atoms with van der Waals surface area (Å²) < 4.78 is 11.1. The molecular formula is C15H22N4O2. The van der Waals surface area contributed by atoms with Gasteiger partial charge in [-0.1, -0.05) is 12.0 Å². The second-order valence-corrected chi connectivity index (χ2v) is 5.58. The van der Waals surface area contributed by atoms with Crippen LogP contribution in [0.25, 0.3) is 11.7 Å². The van der Waals surface area contributed by atoms with Gasteiger partial charge in [0.25, 0.3) is 5.89 Å². The van der Waals surface area contributed by atoms with Crippen molar-refractivity contribution >= 4 is 6.01 Å². The zero-order valence-electron chi connectivity index (χ0n) is 12.6. The van der Waals surface area contributed by atoms with Crippen LogP contribution in [0.1, 0.15) is 31.9 Å². The molecule has 1 fully saturated rings.